The van der Waals surface area contributed by atoms with Crippen molar-refractivity contribution in [2.45, 2.75) is 20.3 Å². The number of carbonyl (C=O) groups is 1. The second-order valence-electron chi connectivity index (χ2n) is 6.72. The van der Waals surface area contributed by atoms with E-state index in [0.717, 1.165) is 44.0 Å². The number of benzene rings is 1. The molecule has 0 radical (unpaired) electrons. The summed E-state index contributed by atoms with van der Waals surface area (Å²) in [6, 6.07) is 7.89. The zero-order valence-electron chi connectivity index (χ0n) is 14.9. The smallest absolute Gasteiger partial charge is 0.226 e. The minimum atomic E-state index is -0.460. The third kappa shape index (κ3) is 5.96. The Bertz CT molecular complexity index is 517. The van der Waals surface area contributed by atoms with E-state index in [-0.39, 0.29) is 18.3 Å². The number of amides is 1. The van der Waals surface area contributed by atoms with Crippen LogP contribution >= 0.6 is 12.4 Å². The van der Waals surface area contributed by atoms with Gasteiger partial charge in [0.1, 0.15) is 5.75 Å². The summed E-state index contributed by atoms with van der Waals surface area (Å²) in [7, 11) is 1.67. The van der Waals surface area contributed by atoms with Crippen LogP contribution in [0.1, 0.15) is 19.4 Å². The Hall–Kier alpha value is -1.30. The van der Waals surface area contributed by atoms with Gasteiger partial charge in [0.05, 0.1) is 7.11 Å². The molecule has 1 saturated heterocycles. The highest BCUT2D eigenvalue weighted by atomic mass is 35.5. The van der Waals surface area contributed by atoms with Crippen LogP contribution in [0.3, 0.4) is 0 Å². The fourth-order valence-electron chi connectivity index (χ4n) is 2.91. The minimum Gasteiger partial charge on any atom is -0.496 e. The summed E-state index contributed by atoms with van der Waals surface area (Å²) in [4.78, 5) is 14.9. The number of halogens is 1. The van der Waals surface area contributed by atoms with E-state index >= 15 is 0 Å². The molecule has 1 amide bonds. The number of piperazine rings is 1. The highest BCUT2D eigenvalue weighted by molar-refractivity contribution is 5.85. The maximum absolute atomic E-state index is 12.5. The number of ether oxygens (including phenoxy) is 1. The number of hydrogen-bond donors (Lipinski definition) is 2. The van der Waals surface area contributed by atoms with E-state index in [9.17, 15) is 4.79 Å². The third-order valence-electron chi connectivity index (χ3n) is 4.36. The van der Waals surface area contributed by atoms with Crippen LogP contribution in [0.5, 0.6) is 5.75 Å². The molecule has 1 aliphatic heterocycles. The van der Waals surface area contributed by atoms with Gasteiger partial charge < -0.3 is 15.4 Å². The molecule has 1 aromatic rings. The van der Waals surface area contributed by atoms with Crippen LogP contribution in [0.2, 0.25) is 0 Å². The lowest BCUT2D eigenvalue weighted by Crippen LogP contribution is -2.47. The Labute approximate surface area is 151 Å². The normalized spacial score (nSPS) is 15.5. The van der Waals surface area contributed by atoms with Crippen LogP contribution in [0.15, 0.2) is 24.3 Å². The number of para-hydroxylation sites is 1. The number of rotatable bonds is 7. The van der Waals surface area contributed by atoms with Gasteiger partial charge in [-0.25, -0.2) is 0 Å². The van der Waals surface area contributed by atoms with E-state index in [1.54, 1.807) is 7.11 Å². The SMILES string of the molecule is COc1ccccc1CC(C)(C)C(=O)NCCN1CCNCC1.Cl. The van der Waals surface area contributed by atoms with Crippen molar-refractivity contribution < 1.29 is 9.53 Å². The summed E-state index contributed by atoms with van der Waals surface area (Å²) in [5.74, 6) is 0.938. The molecule has 136 valence electrons. The summed E-state index contributed by atoms with van der Waals surface area (Å²) in [6.07, 6.45) is 0.663. The number of nitrogens with zero attached hydrogens (tertiary/aromatic N) is 1. The van der Waals surface area contributed by atoms with Gasteiger partial charge in [-0.2, -0.15) is 0 Å². The predicted molar refractivity (Wildman–Crippen MR) is 100 cm³/mol. The van der Waals surface area contributed by atoms with Crippen LogP contribution in [-0.4, -0.2) is 57.2 Å². The molecule has 0 aliphatic carbocycles. The van der Waals surface area contributed by atoms with Gasteiger partial charge in [0.15, 0.2) is 0 Å². The molecule has 6 heteroatoms. The lowest BCUT2D eigenvalue weighted by molar-refractivity contribution is -0.129. The van der Waals surface area contributed by atoms with Gasteiger partial charge in [0.2, 0.25) is 5.91 Å². The summed E-state index contributed by atoms with van der Waals surface area (Å²) in [6.45, 7) is 9.77. The number of methoxy groups -OCH3 is 1. The quantitative estimate of drug-likeness (QED) is 0.781. The zero-order chi connectivity index (χ0) is 16.7. The van der Waals surface area contributed by atoms with E-state index in [0.29, 0.717) is 13.0 Å². The van der Waals surface area contributed by atoms with Gasteiger partial charge >= 0.3 is 0 Å². The second-order valence-corrected chi connectivity index (χ2v) is 6.72. The van der Waals surface area contributed by atoms with E-state index in [2.05, 4.69) is 15.5 Å². The molecule has 0 bridgehead atoms. The monoisotopic (exact) mass is 355 g/mol. The van der Waals surface area contributed by atoms with Gasteiger partial charge in [0.25, 0.3) is 0 Å². The Morgan fingerprint density at radius 1 is 1.29 bits per heavy atom. The molecule has 1 aliphatic rings. The van der Waals surface area contributed by atoms with E-state index in [4.69, 9.17) is 4.74 Å². The molecule has 0 unspecified atom stereocenters. The minimum absolute atomic E-state index is 0. The van der Waals surface area contributed by atoms with Crippen LogP contribution in [0, 0.1) is 5.41 Å². The molecule has 0 spiro atoms. The molecule has 1 aromatic carbocycles. The van der Waals surface area contributed by atoms with Crippen LogP contribution in [0.4, 0.5) is 0 Å². The van der Waals surface area contributed by atoms with Crippen molar-refractivity contribution in [3.63, 3.8) is 0 Å². The van der Waals surface area contributed by atoms with Crippen molar-refractivity contribution in [1.29, 1.82) is 0 Å². The number of carbonyl (C=O) groups excluding carboxylic acids is 1. The fraction of sp³-hybridized carbons (Fsp3) is 0.611. The molecule has 0 saturated carbocycles. The molecule has 1 fully saturated rings. The van der Waals surface area contributed by atoms with E-state index in [1.165, 1.54) is 0 Å². The first-order valence-electron chi connectivity index (χ1n) is 8.36. The van der Waals surface area contributed by atoms with Crippen molar-refractivity contribution in [3.8, 4) is 5.75 Å². The fourth-order valence-corrected chi connectivity index (χ4v) is 2.91. The van der Waals surface area contributed by atoms with Crippen LogP contribution in [0.25, 0.3) is 0 Å². The molecule has 5 nitrogen and oxygen atoms in total. The van der Waals surface area contributed by atoms with Crippen LogP contribution in [-0.2, 0) is 11.2 Å². The van der Waals surface area contributed by atoms with Gasteiger partial charge in [-0.05, 0) is 18.1 Å². The topological polar surface area (TPSA) is 53.6 Å². The Balaban J connectivity index is 0.00000288. The first-order chi connectivity index (χ1) is 11.0. The lowest BCUT2D eigenvalue weighted by atomic mass is 9.84. The average Bonchev–Trinajstić information content (AvgIpc) is 2.56. The lowest BCUT2D eigenvalue weighted by Gasteiger charge is -2.28. The summed E-state index contributed by atoms with van der Waals surface area (Å²) < 4.78 is 5.39. The second kappa shape index (κ2) is 9.87. The third-order valence-corrected chi connectivity index (χ3v) is 4.36. The summed E-state index contributed by atoms with van der Waals surface area (Å²) >= 11 is 0. The summed E-state index contributed by atoms with van der Waals surface area (Å²) in [5, 5.41) is 6.42. The van der Waals surface area contributed by atoms with Crippen molar-refractivity contribution in [3.05, 3.63) is 29.8 Å². The van der Waals surface area contributed by atoms with Crippen molar-refractivity contribution in [1.82, 2.24) is 15.5 Å². The maximum atomic E-state index is 12.5. The standard InChI is InChI=1S/C18H29N3O2.ClH/c1-18(2,14-15-6-4-5-7-16(15)23-3)17(22)20-10-13-21-11-8-19-9-12-21;/h4-7,19H,8-14H2,1-3H3,(H,20,22);1H. The molecule has 0 atom stereocenters. The molecule has 1 heterocycles. The van der Waals surface area contributed by atoms with Gasteiger partial charge in [-0.1, -0.05) is 32.0 Å². The first kappa shape index (κ1) is 20.7. The van der Waals surface area contributed by atoms with Crippen molar-refractivity contribution in [2.24, 2.45) is 5.41 Å². The van der Waals surface area contributed by atoms with E-state index < -0.39 is 5.41 Å². The molecular weight excluding hydrogens is 326 g/mol. The predicted octanol–water partition coefficient (Wildman–Crippen LogP) is 1.71. The van der Waals surface area contributed by atoms with Crippen LogP contribution < -0.4 is 15.4 Å². The highest BCUT2D eigenvalue weighted by Gasteiger charge is 2.28. The first-order valence-corrected chi connectivity index (χ1v) is 8.36. The number of nitrogens with one attached hydrogen (secondary N) is 2. The average molecular weight is 356 g/mol. The van der Waals surface area contributed by atoms with Crippen molar-refractivity contribution in [2.75, 3.05) is 46.4 Å². The molecular formula is C18H30ClN3O2. The van der Waals surface area contributed by atoms with E-state index in [1.807, 2.05) is 38.1 Å². The highest BCUT2D eigenvalue weighted by Crippen LogP contribution is 2.27. The van der Waals surface area contributed by atoms with Gasteiger partial charge in [0, 0.05) is 44.7 Å². The Morgan fingerprint density at radius 2 is 1.96 bits per heavy atom. The molecule has 2 rings (SSSR count). The van der Waals surface area contributed by atoms with Crippen molar-refractivity contribution >= 4 is 18.3 Å². The Kier molecular flexibility index (Phi) is 8.53. The zero-order valence-corrected chi connectivity index (χ0v) is 15.7. The largest absolute Gasteiger partial charge is 0.496 e. The summed E-state index contributed by atoms with van der Waals surface area (Å²) in [5.41, 5.74) is 0.607. The number of hydrogen-bond acceptors (Lipinski definition) is 4. The molecule has 24 heavy (non-hydrogen) atoms. The maximum Gasteiger partial charge on any atom is 0.226 e. The Morgan fingerprint density at radius 3 is 2.62 bits per heavy atom. The van der Waals surface area contributed by atoms with Gasteiger partial charge in [-0.15, -0.1) is 12.4 Å². The molecule has 2 N–H and O–H groups in total. The van der Waals surface area contributed by atoms with Gasteiger partial charge in [-0.3, -0.25) is 9.69 Å². The molecule has 0 aromatic heterocycles.